The Labute approximate surface area is 94.0 Å². The molecule has 0 bridgehead atoms. The summed E-state index contributed by atoms with van der Waals surface area (Å²) in [5, 5.41) is 0. The van der Waals surface area contributed by atoms with Gasteiger partial charge in [-0.25, -0.2) is 4.57 Å². The number of nitrogens with zero attached hydrogens (tertiary/aromatic N) is 1. The molecular weight excluding hydrogens is 201 g/mol. The van der Waals surface area contributed by atoms with Crippen molar-refractivity contribution in [3.05, 3.63) is 30.6 Å². The predicted molar refractivity (Wildman–Crippen MR) is 55.2 cm³/mol. The van der Waals surface area contributed by atoms with Crippen molar-refractivity contribution in [1.29, 1.82) is 0 Å². The molecule has 0 spiro atoms. The summed E-state index contributed by atoms with van der Waals surface area (Å²) >= 11 is 1.17. The molecular formula is C9H15AlClNO+. The molecule has 4 heteroatoms. The summed E-state index contributed by atoms with van der Waals surface area (Å²) in [6.45, 7) is 5.56. The van der Waals surface area contributed by atoms with Gasteiger partial charge in [0, 0.05) is 18.1 Å². The normalized spacial score (nSPS) is 8.15. The standard InChI is InChI=1S/C9H14N.Al.ClH.O/c1-9(2)8-10-6-4-3-5-7-10;;;/h3-7,9H,8H2,1-2H3;;1H;/q+1;;;. The Bertz CT molecular complexity index is 206. The Morgan fingerprint density at radius 1 is 1.15 bits per heavy atom. The maximum absolute atomic E-state index is 8.17. The van der Waals surface area contributed by atoms with E-state index in [0.717, 1.165) is 12.5 Å². The minimum absolute atomic E-state index is 0. The van der Waals surface area contributed by atoms with Crippen molar-refractivity contribution in [3.63, 3.8) is 0 Å². The third-order valence-corrected chi connectivity index (χ3v) is 1.35. The summed E-state index contributed by atoms with van der Waals surface area (Å²) in [6.07, 6.45) is 4.19. The second kappa shape index (κ2) is 9.86. The molecule has 0 aromatic carbocycles. The molecule has 13 heavy (non-hydrogen) atoms. The molecule has 0 saturated carbocycles. The Morgan fingerprint density at radius 3 is 2.00 bits per heavy atom. The van der Waals surface area contributed by atoms with Crippen molar-refractivity contribution in [2.24, 2.45) is 5.92 Å². The molecule has 0 fully saturated rings. The van der Waals surface area contributed by atoms with Crippen LogP contribution in [0.1, 0.15) is 13.8 Å². The van der Waals surface area contributed by atoms with Crippen LogP contribution in [0.4, 0.5) is 0 Å². The molecule has 0 unspecified atom stereocenters. The number of pyridine rings is 1. The molecule has 1 heterocycles. The van der Waals surface area contributed by atoms with Crippen LogP contribution >= 0.6 is 12.4 Å². The summed E-state index contributed by atoms with van der Waals surface area (Å²) in [7, 11) is 0. The van der Waals surface area contributed by atoms with Gasteiger partial charge in [-0.15, -0.1) is 12.4 Å². The van der Waals surface area contributed by atoms with Gasteiger partial charge in [-0.2, -0.15) is 0 Å². The fourth-order valence-corrected chi connectivity index (χ4v) is 0.978. The summed E-state index contributed by atoms with van der Waals surface area (Å²) in [5.41, 5.74) is 0. The van der Waals surface area contributed by atoms with Crippen molar-refractivity contribution in [2.45, 2.75) is 20.4 Å². The van der Waals surface area contributed by atoms with E-state index >= 15 is 0 Å². The number of hydrogen-bond donors (Lipinski definition) is 0. The van der Waals surface area contributed by atoms with E-state index in [9.17, 15) is 0 Å². The Morgan fingerprint density at radius 2 is 1.62 bits per heavy atom. The van der Waals surface area contributed by atoms with Gasteiger partial charge in [-0.3, -0.25) is 0 Å². The van der Waals surface area contributed by atoms with Crippen LogP contribution in [-0.4, -0.2) is 16.2 Å². The first kappa shape index (κ1) is 15.3. The van der Waals surface area contributed by atoms with E-state index in [1.807, 2.05) is 6.07 Å². The van der Waals surface area contributed by atoms with Crippen molar-refractivity contribution in [2.75, 3.05) is 0 Å². The first-order valence-electron chi connectivity index (χ1n) is 3.96. The molecule has 0 amide bonds. The van der Waals surface area contributed by atoms with Gasteiger partial charge < -0.3 is 0 Å². The van der Waals surface area contributed by atoms with E-state index in [0.29, 0.717) is 0 Å². The van der Waals surface area contributed by atoms with E-state index in [1.54, 1.807) is 0 Å². The van der Waals surface area contributed by atoms with Gasteiger partial charge in [0.05, 0.1) is 0 Å². The monoisotopic (exact) mass is 215 g/mol. The van der Waals surface area contributed by atoms with Gasteiger partial charge in [0.2, 0.25) is 0 Å². The van der Waals surface area contributed by atoms with Gasteiger partial charge in [0.15, 0.2) is 18.9 Å². The van der Waals surface area contributed by atoms with Gasteiger partial charge in [0.1, 0.15) is 0 Å². The van der Waals surface area contributed by atoms with Gasteiger partial charge in [-0.05, 0) is 0 Å². The Kier molecular flexibility index (Phi) is 11.6. The number of rotatable bonds is 2. The fourth-order valence-electron chi connectivity index (χ4n) is 0.978. The Hall–Kier alpha value is -0.228. The molecule has 2 nitrogen and oxygen atoms in total. The second-order valence-electron chi connectivity index (χ2n) is 2.97. The molecule has 1 rings (SSSR count). The zero-order valence-corrected chi connectivity index (χ0v) is 9.98. The van der Waals surface area contributed by atoms with Crippen LogP contribution in [0.5, 0.6) is 0 Å². The van der Waals surface area contributed by atoms with E-state index in [2.05, 4.69) is 42.9 Å². The SMILES string of the molecule is CC(C)C[n+]1ccccc1.Cl.[O]=[Al]. The molecule has 0 aliphatic heterocycles. The van der Waals surface area contributed by atoms with Gasteiger partial charge in [-0.1, -0.05) is 19.9 Å². The zero-order chi connectivity index (χ0) is 9.40. The first-order valence-corrected chi connectivity index (χ1v) is 4.44. The molecule has 1 aromatic rings. The summed E-state index contributed by atoms with van der Waals surface area (Å²) in [6, 6.07) is 6.15. The van der Waals surface area contributed by atoms with Crippen LogP contribution in [-0.2, 0) is 10.3 Å². The average molecular weight is 216 g/mol. The van der Waals surface area contributed by atoms with Crippen LogP contribution < -0.4 is 4.57 Å². The molecule has 0 atom stereocenters. The van der Waals surface area contributed by atoms with Crippen LogP contribution in [0.25, 0.3) is 0 Å². The van der Waals surface area contributed by atoms with E-state index in [-0.39, 0.29) is 12.4 Å². The molecule has 71 valence electrons. The Balaban J connectivity index is 0. The number of halogens is 1. The van der Waals surface area contributed by atoms with Crippen LogP contribution in [0.3, 0.4) is 0 Å². The number of aromatic nitrogens is 1. The molecule has 0 saturated heterocycles. The fraction of sp³-hybridized carbons (Fsp3) is 0.444. The van der Waals surface area contributed by atoms with E-state index < -0.39 is 0 Å². The third kappa shape index (κ3) is 8.11. The first-order chi connectivity index (χ1) is 5.79. The van der Waals surface area contributed by atoms with Crippen LogP contribution in [0.15, 0.2) is 30.6 Å². The molecule has 1 radical (unpaired) electrons. The minimum atomic E-state index is 0. The van der Waals surface area contributed by atoms with Crippen LogP contribution in [0.2, 0.25) is 0 Å². The third-order valence-electron chi connectivity index (χ3n) is 1.35. The molecule has 0 aliphatic carbocycles. The summed E-state index contributed by atoms with van der Waals surface area (Å²) in [5.74, 6) is 0.729. The van der Waals surface area contributed by atoms with Crippen molar-refractivity contribution in [1.82, 2.24) is 0 Å². The van der Waals surface area contributed by atoms with Crippen LogP contribution in [0, 0.1) is 5.92 Å². The topological polar surface area (TPSA) is 20.9 Å². The van der Waals surface area contributed by atoms with E-state index in [1.165, 1.54) is 16.2 Å². The molecule has 0 aliphatic rings. The quantitative estimate of drug-likeness (QED) is 0.542. The summed E-state index contributed by atoms with van der Waals surface area (Å²) < 4.78 is 10.4. The second-order valence-corrected chi connectivity index (χ2v) is 2.97. The van der Waals surface area contributed by atoms with Crippen molar-refractivity contribution in [3.8, 4) is 0 Å². The van der Waals surface area contributed by atoms with Crippen molar-refractivity contribution >= 4 is 28.6 Å². The van der Waals surface area contributed by atoms with Gasteiger partial charge in [0.25, 0.3) is 0 Å². The van der Waals surface area contributed by atoms with Crippen molar-refractivity contribution < 1.29 is 8.37 Å². The zero-order valence-electron chi connectivity index (χ0n) is 8.01. The predicted octanol–water partition coefficient (Wildman–Crippen LogP) is 1.55. The van der Waals surface area contributed by atoms with Gasteiger partial charge >= 0.3 is 20.0 Å². The molecule has 1 aromatic heterocycles. The average Bonchev–Trinajstić information content (AvgIpc) is 2.08. The molecule has 0 N–H and O–H groups in total. The number of hydrogen-bond acceptors (Lipinski definition) is 1. The summed E-state index contributed by atoms with van der Waals surface area (Å²) in [4.78, 5) is 0. The maximum atomic E-state index is 8.17. The van der Waals surface area contributed by atoms with E-state index in [4.69, 9.17) is 3.80 Å².